The van der Waals surface area contributed by atoms with E-state index in [2.05, 4.69) is 4.98 Å². The van der Waals surface area contributed by atoms with Crippen molar-refractivity contribution in [1.82, 2.24) is 14.5 Å². The number of carbonyl (C=O) groups is 2. The SMILES string of the molecule is CCOC(=O)CCN(CCCn1ccnc1)C(=O)c1ccccc1F. The Morgan fingerprint density at radius 3 is 2.76 bits per heavy atom. The molecule has 0 fully saturated rings. The molecule has 0 unspecified atom stereocenters. The Bertz CT molecular complexity index is 689. The fourth-order valence-corrected chi connectivity index (χ4v) is 2.44. The zero-order chi connectivity index (χ0) is 18.1. The van der Waals surface area contributed by atoms with Crippen molar-refractivity contribution in [2.45, 2.75) is 26.3 Å². The molecule has 2 aromatic rings. The first-order valence-electron chi connectivity index (χ1n) is 8.27. The van der Waals surface area contributed by atoms with E-state index in [-0.39, 0.29) is 24.5 Å². The third kappa shape index (κ3) is 5.70. The summed E-state index contributed by atoms with van der Waals surface area (Å²) in [7, 11) is 0. The largest absolute Gasteiger partial charge is 0.466 e. The van der Waals surface area contributed by atoms with Crippen molar-refractivity contribution < 1.29 is 18.7 Å². The predicted octanol–water partition coefficient (Wildman–Crippen LogP) is 2.51. The summed E-state index contributed by atoms with van der Waals surface area (Å²) in [6, 6.07) is 5.85. The minimum Gasteiger partial charge on any atom is -0.466 e. The van der Waals surface area contributed by atoms with Crippen LogP contribution in [0.1, 0.15) is 30.1 Å². The van der Waals surface area contributed by atoms with E-state index in [0.717, 1.165) is 0 Å². The average Bonchev–Trinajstić information content (AvgIpc) is 3.11. The zero-order valence-corrected chi connectivity index (χ0v) is 14.2. The lowest BCUT2D eigenvalue weighted by Crippen LogP contribution is -2.35. The van der Waals surface area contributed by atoms with Gasteiger partial charge in [0.05, 0.1) is 24.9 Å². The fourth-order valence-electron chi connectivity index (χ4n) is 2.44. The number of halogens is 1. The van der Waals surface area contributed by atoms with Crippen LogP contribution in [0.2, 0.25) is 0 Å². The molecule has 0 aliphatic carbocycles. The molecule has 1 aromatic heterocycles. The van der Waals surface area contributed by atoms with Crippen LogP contribution in [-0.2, 0) is 16.1 Å². The molecule has 6 nitrogen and oxygen atoms in total. The number of hydrogen-bond acceptors (Lipinski definition) is 4. The number of ether oxygens (including phenoxy) is 1. The number of imidazole rings is 1. The summed E-state index contributed by atoms with van der Waals surface area (Å²) in [6.07, 6.45) is 5.96. The Hall–Kier alpha value is -2.70. The quantitative estimate of drug-likeness (QED) is 0.654. The number of aromatic nitrogens is 2. The Morgan fingerprint density at radius 1 is 1.28 bits per heavy atom. The molecule has 0 saturated carbocycles. The Kier molecular flexibility index (Phi) is 7.13. The molecule has 0 atom stereocenters. The highest BCUT2D eigenvalue weighted by molar-refractivity contribution is 5.94. The second-order valence-corrected chi connectivity index (χ2v) is 5.48. The first-order chi connectivity index (χ1) is 12.1. The van der Waals surface area contributed by atoms with Gasteiger partial charge in [-0.05, 0) is 25.5 Å². The minimum atomic E-state index is -0.566. The molecule has 0 saturated heterocycles. The molecule has 1 aromatic carbocycles. The van der Waals surface area contributed by atoms with E-state index in [1.165, 1.54) is 23.1 Å². The van der Waals surface area contributed by atoms with Crippen LogP contribution in [0, 0.1) is 5.82 Å². The number of hydrogen-bond donors (Lipinski definition) is 0. The van der Waals surface area contributed by atoms with E-state index in [4.69, 9.17) is 4.74 Å². The lowest BCUT2D eigenvalue weighted by atomic mass is 10.1. The van der Waals surface area contributed by atoms with Gasteiger partial charge in [0.2, 0.25) is 0 Å². The molecule has 0 radical (unpaired) electrons. The third-order valence-electron chi connectivity index (χ3n) is 3.69. The first-order valence-corrected chi connectivity index (χ1v) is 8.27. The van der Waals surface area contributed by atoms with E-state index >= 15 is 0 Å². The number of benzene rings is 1. The minimum absolute atomic E-state index is 0.00832. The number of rotatable bonds is 9. The summed E-state index contributed by atoms with van der Waals surface area (Å²) >= 11 is 0. The molecule has 7 heteroatoms. The number of esters is 1. The number of aryl methyl sites for hydroxylation is 1. The molecule has 0 aliphatic heterocycles. The molecule has 0 bridgehead atoms. The van der Waals surface area contributed by atoms with E-state index in [1.807, 2.05) is 10.8 Å². The van der Waals surface area contributed by atoms with Gasteiger partial charge in [-0.2, -0.15) is 0 Å². The highest BCUT2D eigenvalue weighted by Crippen LogP contribution is 2.11. The lowest BCUT2D eigenvalue weighted by molar-refractivity contribution is -0.143. The van der Waals surface area contributed by atoms with Crippen molar-refractivity contribution in [3.63, 3.8) is 0 Å². The summed E-state index contributed by atoms with van der Waals surface area (Å²) < 4.78 is 20.7. The monoisotopic (exact) mass is 347 g/mol. The molecule has 1 heterocycles. The number of amides is 1. The van der Waals surface area contributed by atoms with Gasteiger partial charge in [0.25, 0.3) is 5.91 Å². The van der Waals surface area contributed by atoms with Crippen LogP contribution in [0.3, 0.4) is 0 Å². The molecular weight excluding hydrogens is 325 g/mol. The summed E-state index contributed by atoms with van der Waals surface area (Å²) in [4.78, 5) is 29.7. The second-order valence-electron chi connectivity index (χ2n) is 5.48. The Morgan fingerprint density at radius 2 is 2.08 bits per heavy atom. The maximum absolute atomic E-state index is 13.9. The molecule has 0 aliphatic rings. The molecular formula is C18H22FN3O3. The van der Waals surface area contributed by atoms with Gasteiger partial charge in [-0.1, -0.05) is 12.1 Å². The van der Waals surface area contributed by atoms with Gasteiger partial charge < -0.3 is 14.2 Å². The molecule has 1 amide bonds. The standard InChI is InChI=1S/C18H22FN3O3/c1-2-25-17(23)8-12-22(11-5-10-21-13-9-20-14-21)18(24)15-6-3-4-7-16(15)19/h3-4,6-7,9,13-14H,2,5,8,10-12H2,1H3. The maximum atomic E-state index is 13.9. The van der Waals surface area contributed by atoms with Crippen molar-refractivity contribution in [2.75, 3.05) is 19.7 Å². The van der Waals surface area contributed by atoms with Crippen LogP contribution < -0.4 is 0 Å². The predicted molar refractivity (Wildman–Crippen MR) is 90.4 cm³/mol. The van der Waals surface area contributed by atoms with E-state index in [9.17, 15) is 14.0 Å². The highest BCUT2D eigenvalue weighted by Gasteiger charge is 2.19. The van der Waals surface area contributed by atoms with E-state index < -0.39 is 11.7 Å². The van der Waals surface area contributed by atoms with Crippen LogP contribution in [-0.4, -0.2) is 46.0 Å². The van der Waals surface area contributed by atoms with Gasteiger partial charge in [0.15, 0.2) is 0 Å². The first kappa shape index (κ1) is 18.6. The summed E-state index contributed by atoms with van der Waals surface area (Å²) in [5.74, 6) is -1.36. The summed E-state index contributed by atoms with van der Waals surface area (Å²) in [5.41, 5.74) is 0.00832. The normalized spacial score (nSPS) is 10.5. The number of carbonyl (C=O) groups excluding carboxylic acids is 2. The highest BCUT2D eigenvalue weighted by atomic mass is 19.1. The summed E-state index contributed by atoms with van der Waals surface area (Å²) in [5, 5.41) is 0. The smallest absolute Gasteiger partial charge is 0.307 e. The van der Waals surface area contributed by atoms with Gasteiger partial charge in [0.1, 0.15) is 5.82 Å². The van der Waals surface area contributed by atoms with Crippen LogP contribution in [0.5, 0.6) is 0 Å². The Balaban J connectivity index is 2.00. The second kappa shape index (κ2) is 9.56. The van der Waals surface area contributed by atoms with Gasteiger partial charge in [-0.25, -0.2) is 9.37 Å². The average molecular weight is 347 g/mol. The van der Waals surface area contributed by atoms with Crippen molar-refractivity contribution in [2.24, 2.45) is 0 Å². The topological polar surface area (TPSA) is 64.4 Å². The van der Waals surface area contributed by atoms with Crippen molar-refractivity contribution >= 4 is 11.9 Å². The van der Waals surface area contributed by atoms with Crippen molar-refractivity contribution in [3.05, 3.63) is 54.4 Å². The lowest BCUT2D eigenvalue weighted by Gasteiger charge is -2.23. The third-order valence-corrected chi connectivity index (χ3v) is 3.69. The van der Waals surface area contributed by atoms with E-state index in [1.54, 1.807) is 25.5 Å². The van der Waals surface area contributed by atoms with Crippen LogP contribution in [0.25, 0.3) is 0 Å². The van der Waals surface area contributed by atoms with Crippen molar-refractivity contribution in [1.29, 1.82) is 0 Å². The van der Waals surface area contributed by atoms with E-state index in [0.29, 0.717) is 26.1 Å². The number of nitrogens with zero attached hydrogens (tertiary/aromatic N) is 3. The van der Waals surface area contributed by atoms with Gasteiger partial charge in [-0.3, -0.25) is 9.59 Å². The molecule has 2 rings (SSSR count). The van der Waals surface area contributed by atoms with Crippen LogP contribution in [0.4, 0.5) is 4.39 Å². The van der Waals surface area contributed by atoms with Gasteiger partial charge in [-0.15, -0.1) is 0 Å². The van der Waals surface area contributed by atoms with Gasteiger partial charge in [0, 0.05) is 32.0 Å². The van der Waals surface area contributed by atoms with Crippen LogP contribution in [0.15, 0.2) is 43.0 Å². The maximum Gasteiger partial charge on any atom is 0.307 e. The summed E-state index contributed by atoms with van der Waals surface area (Å²) in [6.45, 7) is 3.30. The Labute approximate surface area is 146 Å². The molecule has 0 N–H and O–H groups in total. The molecule has 134 valence electrons. The zero-order valence-electron chi connectivity index (χ0n) is 14.2. The van der Waals surface area contributed by atoms with Gasteiger partial charge >= 0.3 is 5.97 Å². The van der Waals surface area contributed by atoms with Crippen LogP contribution >= 0.6 is 0 Å². The van der Waals surface area contributed by atoms with Crippen molar-refractivity contribution in [3.8, 4) is 0 Å². The molecule has 25 heavy (non-hydrogen) atoms. The fraction of sp³-hybridized carbons (Fsp3) is 0.389. The molecule has 0 spiro atoms.